The van der Waals surface area contributed by atoms with Crippen LogP contribution in [0.2, 0.25) is 0 Å². The Labute approximate surface area is 75.1 Å². The van der Waals surface area contributed by atoms with Crippen LogP contribution in [0.25, 0.3) is 5.57 Å². The molecule has 11 heavy (non-hydrogen) atoms. The number of rotatable bonds is 0. The van der Waals surface area contributed by atoms with Gasteiger partial charge in [0.1, 0.15) is 0 Å². The molecule has 1 heteroatoms. The van der Waals surface area contributed by atoms with Crippen molar-refractivity contribution in [2.75, 3.05) is 0 Å². The van der Waals surface area contributed by atoms with E-state index in [2.05, 4.69) is 40.7 Å². The Hall–Kier alpha value is -0.560. The van der Waals surface area contributed by atoms with Crippen LogP contribution in [0, 0.1) is 0 Å². The van der Waals surface area contributed by atoms with Gasteiger partial charge < -0.3 is 0 Å². The van der Waals surface area contributed by atoms with Gasteiger partial charge in [-0.1, -0.05) is 34.6 Å². The van der Waals surface area contributed by atoms with E-state index in [1.165, 1.54) is 21.2 Å². The highest BCUT2D eigenvalue weighted by Gasteiger charge is 2.15. The van der Waals surface area contributed by atoms with Crippen molar-refractivity contribution < 1.29 is 0 Å². The molecular weight excluding hydrogens is 200 g/mol. The molecule has 0 N–H and O–H groups in total. The van der Waals surface area contributed by atoms with Gasteiger partial charge in [-0.15, -0.1) is 0 Å². The van der Waals surface area contributed by atoms with Gasteiger partial charge in [0.05, 0.1) is 0 Å². The molecule has 1 aliphatic carbocycles. The molecule has 0 spiro atoms. The molecule has 1 aliphatic rings. The zero-order valence-corrected chi connectivity index (χ0v) is 7.82. The molecule has 0 saturated carbocycles. The van der Waals surface area contributed by atoms with Gasteiger partial charge in [0.2, 0.25) is 0 Å². The highest BCUT2D eigenvalue weighted by atomic mass is 79.9. The molecule has 1 aromatic rings. The minimum Gasteiger partial charge on any atom is -0.0952 e. The number of allylic oxidation sites excluding steroid dienone is 1. The van der Waals surface area contributed by atoms with Crippen molar-refractivity contribution in [1.82, 2.24) is 0 Å². The number of halogens is 1. The Morgan fingerprint density at radius 2 is 2.09 bits per heavy atom. The molecule has 0 atom stereocenters. The Morgan fingerprint density at radius 1 is 1.27 bits per heavy atom. The molecule has 0 bridgehead atoms. The number of fused-ring (bicyclic) bond motifs is 1. The standard InChI is InChI=1S/C10H9Br/c1-7-5-6-8-3-2-4-9(11)10(7)8/h2-4H,1,5-6H2. The highest BCUT2D eigenvalue weighted by molar-refractivity contribution is 9.10. The van der Waals surface area contributed by atoms with Crippen molar-refractivity contribution >= 4 is 21.5 Å². The van der Waals surface area contributed by atoms with Crippen LogP contribution in [0.15, 0.2) is 29.3 Å². The van der Waals surface area contributed by atoms with E-state index < -0.39 is 0 Å². The summed E-state index contributed by atoms with van der Waals surface area (Å²) in [6, 6.07) is 6.34. The van der Waals surface area contributed by atoms with Crippen molar-refractivity contribution in [3.8, 4) is 0 Å². The lowest BCUT2D eigenvalue weighted by molar-refractivity contribution is 1.08. The van der Waals surface area contributed by atoms with Crippen molar-refractivity contribution in [2.24, 2.45) is 0 Å². The molecule has 0 fully saturated rings. The fraction of sp³-hybridized carbons (Fsp3) is 0.200. The summed E-state index contributed by atoms with van der Waals surface area (Å²) < 4.78 is 1.19. The summed E-state index contributed by atoms with van der Waals surface area (Å²) in [5.74, 6) is 0. The van der Waals surface area contributed by atoms with E-state index in [1.54, 1.807) is 0 Å². The van der Waals surface area contributed by atoms with Gasteiger partial charge in [-0.2, -0.15) is 0 Å². The first-order chi connectivity index (χ1) is 5.29. The second-order valence-electron chi connectivity index (χ2n) is 2.88. The van der Waals surface area contributed by atoms with Gasteiger partial charge in [0, 0.05) is 4.47 Å². The summed E-state index contributed by atoms with van der Waals surface area (Å²) in [5.41, 5.74) is 4.05. The monoisotopic (exact) mass is 208 g/mol. The lowest BCUT2D eigenvalue weighted by Gasteiger charge is -2.01. The first-order valence-corrected chi connectivity index (χ1v) is 4.54. The third kappa shape index (κ3) is 1.04. The summed E-state index contributed by atoms with van der Waals surface area (Å²) >= 11 is 3.53. The average molecular weight is 209 g/mol. The smallest absolute Gasteiger partial charge is 0.0253 e. The Bertz CT molecular complexity index is 313. The minimum atomic E-state index is 1.12. The molecule has 0 amide bonds. The molecule has 1 aromatic carbocycles. The predicted molar refractivity (Wildman–Crippen MR) is 51.5 cm³/mol. The van der Waals surface area contributed by atoms with E-state index in [4.69, 9.17) is 0 Å². The maximum atomic E-state index is 4.03. The van der Waals surface area contributed by atoms with Gasteiger partial charge in [0.25, 0.3) is 0 Å². The number of hydrogen-bond acceptors (Lipinski definition) is 0. The molecule has 2 rings (SSSR count). The molecule has 0 aliphatic heterocycles. The maximum Gasteiger partial charge on any atom is 0.0253 e. The van der Waals surface area contributed by atoms with Crippen molar-refractivity contribution in [1.29, 1.82) is 0 Å². The van der Waals surface area contributed by atoms with Gasteiger partial charge >= 0.3 is 0 Å². The lowest BCUT2D eigenvalue weighted by Crippen LogP contribution is -1.80. The SMILES string of the molecule is C=C1CCc2cccc(Br)c21. The van der Waals surface area contributed by atoms with Crippen LogP contribution in [0.3, 0.4) is 0 Å². The summed E-state index contributed by atoms with van der Waals surface area (Å²) in [6.07, 6.45) is 2.28. The zero-order valence-electron chi connectivity index (χ0n) is 6.23. The molecule has 0 aromatic heterocycles. The largest absolute Gasteiger partial charge is 0.0952 e. The topological polar surface area (TPSA) is 0 Å². The quantitative estimate of drug-likeness (QED) is 0.614. The summed E-state index contributed by atoms with van der Waals surface area (Å²) in [7, 11) is 0. The van der Waals surface area contributed by atoms with Gasteiger partial charge in [-0.25, -0.2) is 0 Å². The second kappa shape index (κ2) is 2.49. The van der Waals surface area contributed by atoms with E-state index >= 15 is 0 Å². The zero-order chi connectivity index (χ0) is 7.84. The molecule has 0 nitrogen and oxygen atoms in total. The maximum absolute atomic E-state index is 4.03. The second-order valence-corrected chi connectivity index (χ2v) is 3.73. The first kappa shape index (κ1) is 7.11. The first-order valence-electron chi connectivity index (χ1n) is 3.74. The summed E-state index contributed by atoms with van der Waals surface area (Å²) in [6.45, 7) is 4.03. The molecule has 0 unspecified atom stereocenters. The molecule has 0 saturated heterocycles. The van der Waals surface area contributed by atoms with E-state index in [0.29, 0.717) is 0 Å². The van der Waals surface area contributed by atoms with Gasteiger partial charge in [-0.3, -0.25) is 0 Å². The fourth-order valence-corrected chi connectivity index (χ4v) is 2.27. The van der Waals surface area contributed by atoms with Crippen molar-refractivity contribution in [3.05, 3.63) is 40.4 Å². The van der Waals surface area contributed by atoms with E-state index in [0.717, 1.165) is 12.8 Å². The van der Waals surface area contributed by atoms with Crippen LogP contribution in [0.5, 0.6) is 0 Å². The minimum absolute atomic E-state index is 1.12. The number of hydrogen-bond donors (Lipinski definition) is 0. The fourth-order valence-electron chi connectivity index (χ4n) is 1.58. The Balaban J connectivity index is 2.68. The molecule has 56 valence electrons. The van der Waals surface area contributed by atoms with Crippen LogP contribution in [0.1, 0.15) is 17.5 Å². The normalized spacial score (nSPS) is 15.2. The summed E-state index contributed by atoms with van der Waals surface area (Å²) in [5, 5.41) is 0. The van der Waals surface area contributed by atoms with E-state index in [-0.39, 0.29) is 0 Å². The van der Waals surface area contributed by atoms with Gasteiger partial charge in [0.15, 0.2) is 0 Å². The van der Waals surface area contributed by atoms with Crippen LogP contribution in [-0.2, 0) is 6.42 Å². The van der Waals surface area contributed by atoms with E-state index in [9.17, 15) is 0 Å². The molecule has 0 radical (unpaired) electrons. The molecule has 0 heterocycles. The number of aryl methyl sites for hydroxylation is 1. The lowest BCUT2D eigenvalue weighted by atomic mass is 10.1. The van der Waals surface area contributed by atoms with E-state index in [1.807, 2.05) is 0 Å². The van der Waals surface area contributed by atoms with Gasteiger partial charge in [-0.05, 0) is 35.6 Å². The number of benzene rings is 1. The average Bonchev–Trinajstić information content (AvgIpc) is 2.34. The third-order valence-corrected chi connectivity index (χ3v) is 2.81. The Morgan fingerprint density at radius 3 is 2.82 bits per heavy atom. The highest BCUT2D eigenvalue weighted by Crippen LogP contribution is 2.35. The van der Waals surface area contributed by atoms with Crippen LogP contribution >= 0.6 is 15.9 Å². The predicted octanol–water partition coefficient (Wildman–Crippen LogP) is 3.41. The summed E-state index contributed by atoms with van der Waals surface area (Å²) in [4.78, 5) is 0. The third-order valence-electron chi connectivity index (χ3n) is 2.15. The van der Waals surface area contributed by atoms with Crippen molar-refractivity contribution in [2.45, 2.75) is 12.8 Å². The Kier molecular flexibility index (Phi) is 1.61. The molecular formula is C10H9Br. The van der Waals surface area contributed by atoms with Crippen LogP contribution in [0.4, 0.5) is 0 Å². The van der Waals surface area contributed by atoms with Crippen molar-refractivity contribution in [3.63, 3.8) is 0 Å². The van der Waals surface area contributed by atoms with Crippen LogP contribution < -0.4 is 0 Å². The van der Waals surface area contributed by atoms with Crippen LogP contribution in [-0.4, -0.2) is 0 Å².